The standard InChI is InChI=1S/C19H27N3O4S/c1-12-4-5-14-15(10-12)27-18(17(14)19(25)26-3)20-16(24)11-21-6-8-22(9-7-21)13(2)23/h12H,4-11H2,1-3H3,(H,20,24). The minimum atomic E-state index is -0.382. The Bertz CT molecular complexity index is 738. The third kappa shape index (κ3) is 4.50. The van der Waals surface area contributed by atoms with Gasteiger partial charge < -0.3 is 15.0 Å². The lowest BCUT2D eigenvalue weighted by molar-refractivity contribution is -0.130. The highest BCUT2D eigenvalue weighted by molar-refractivity contribution is 7.17. The van der Waals surface area contributed by atoms with Gasteiger partial charge in [0.2, 0.25) is 11.8 Å². The van der Waals surface area contributed by atoms with E-state index in [2.05, 4.69) is 12.2 Å². The maximum absolute atomic E-state index is 12.6. The van der Waals surface area contributed by atoms with Crippen molar-refractivity contribution >= 4 is 34.1 Å². The van der Waals surface area contributed by atoms with Gasteiger partial charge in [-0.25, -0.2) is 4.79 Å². The molecule has 27 heavy (non-hydrogen) atoms. The van der Waals surface area contributed by atoms with Gasteiger partial charge in [0.05, 0.1) is 19.2 Å². The van der Waals surface area contributed by atoms with Gasteiger partial charge in [0.25, 0.3) is 0 Å². The fraction of sp³-hybridized carbons (Fsp3) is 0.632. The number of carbonyl (C=O) groups is 3. The number of hydrogen-bond acceptors (Lipinski definition) is 6. The molecular formula is C19H27N3O4S. The maximum atomic E-state index is 12.6. The molecule has 8 heteroatoms. The van der Waals surface area contributed by atoms with Crippen LogP contribution in [-0.2, 0) is 27.2 Å². The zero-order valence-corrected chi connectivity index (χ0v) is 17.0. The number of carbonyl (C=O) groups excluding carboxylic acids is 3. The van der Waals surface area contributed by atoms with Crippen molar-refractivity contribution in [3.8, 4) is 0 Å². The molecule has 0 bridgehead atoms. The quantitative estimate of drug-likeness (QED) is 0.789. The molecule has 1 saturated heterocycles. The molecule has 1 unspecified atom stereocenters. The number of methoxy groups -OCH3 is 1. The molecule has 1 atom stereocenters. The summed E-state index contributed by atoms with van der Waals surface area (Å²) in [6, 6.07) is 0. The zero-order valence-electron chi connectivity index (χ0n) is 16.2. The lowest BCUT2D eigenvalue weighted by Gasteiger charge is -2.33. The van der Waals surface area contributed by atoms with Crippen molar-refractivity contribution in [2.24, 2.45) is 5.92 Å². The van der Waals surface area contributed by atoms with Crippen LogP contribution in [0.1, 0.15) is 41.1 Å². The van der Waals surface area contributed by atoms with E-state index in [-0.39, 0.29) is 24.3 Å². The van der Waals surface area contributed by atoms with E-state index in [1.54, 1.807) is 11.8 Å². The Balaban J connectivity index is 1.67. The van der Waals surface area contributed by atoms with Gasteiger partial charge in [-0.05, 0) is 30.7 Å². The first-order chi connectivity index (χ1) is 12.9. The van der Waals surface area contributed by atoms with Gasteiger partial charge in [0, 0.05) is 38.0 Å². The second-order valence-electron chi connectivity index (χ2n) is 7.38. The van der Waals surface area contributed by atoms with Crippen LogP contribution in [0.15, 0.2) is 0 Å². The van der Waals surface area contributed by atoms with E-state index < -0.39 is 0 Å². The van der Waals surface area contributed by atoms with Crippen molar-refractivity contribution in [1.29, 1.82) is 0 Å². The smallest absolute Gasteiger partial charge is 0.341 e. The Hall–Kier alpha value is -1.93. The van der Waals surface area contributed by atoms with Crippen LogP contribution in [0, 0.1) is 5.92 Å². The molecule has 2 aliphatic rings. The summed E-state index contributed by atoms with van der Waals surface area (Å²) in [5.74, 6) is 0.137. The van der Waals surface area contributed by atoms with Crippen molar-refractivity contribution in [3.05, 3.63) is 16.0 Å². The number of esters is 1. The van der Waals surface area contributed by atoms with Crippen LogP contribution in [-0.4, -0.2) is 67.4 Å². The van der Waals surface area contributed by atoms with Gasteiger partial charge in [-0.3, -0.25) is 14.5 Å². The van der Waals surface area contributed by atoms with Crippen molar-refractivity contribution in [2.45, 2.75) is 33.1 Å². The Morgan fingerprint density at radius 1 is 1.22 bits per heavy atom. The number of hydrogen-bond donors (Lipinski definition) is 1. The highest BCUT2D eigenvalue weighted by Crippen LogP contribution is 2.40. The lowest BCUT2D eigenvalue weighted by atomic mass is 9.88. The van der Waals surface area contributed by atoms with Crippen LogP contribution in [0.4, 0.5) is 5.00 Å². The molecule has 0 aromatic carbocycles. The summed E-state index contributed by atoms with van der Waals surface area (Å²) in [4.78, 5) is 41.3. The van der Waals surface area contributed by atoms with Crippen molar-refractivity contribution in [2.75, 3.05) is 45.2 Å². The minimum Gasteiger partial charge on any atom is -0.465 e. The van der Waals surface area contributed by atoms with Crippen molar-refractivity contribution < 1.29 is 19.1 Å². The van der Waals surface area contributed by atoms with Crippen LogP contribution in [0.3, 0.4) is 0 Å². The fourth-order valence-electron chi connectivity index (χ4n) is 3.75. The maximum Gasteiger partial charge on any atom is 0.341 e. The molecule has 0 spiro atoms. The number of piperazine rings is 1. The Morgan fingerprint density at radius 2 is 1.93 bits per heavy atom. The minimum absolute atomic E-state index is 0.0696. The Kier molecular flexibility index (Phi) is 6.16. The molecule has 1 aromatic heterocycles. The molecule has 2 amide bonds. The monoisotopic (exact) mass is 393 g/mol. The molecule has 148 valence electrons. The number of thiophene rings is 1. The van der Waals surface area contributed by atoms with Gasteiger partial charge in [0.15, 0.2) is 0 Å². The first kappa shape index (κ1) is 19.8. The molecule has 1 aromatic rings. The van der Waals surface area contributed by atoms with E-state index in [1.807, 2.05) is 4.90 Å². The predicted octanol–water partition coefficient (Wildman–Crippen LogP) is 1.76. The average molecular weight is 394 g/mol. The first-order valence-corrected chi connectivity index (χ1v) is 10.2. The van der Waals surface area contributed by atoms with Gasteiger partial charge in [-0.1, -0.05) is 6.92 Å². The summed E-state index contributed by atoms with van der Waals surface area (Å²) >= 11 is 1.50. The van der Waals surface area contributed by atoms with Crippen LogP contribution in [0.2, 0.25) is 0 Å². The van der Waals surface area contributed by atoms with Gasteiger partial charge >= 0.3 is 5.97 Å². The third-order valence-electron chi connectivity index (χ3n) is 5.34. The topological polar surface area (TPSA) is 79.0 Å². The summed E-state index contributed by atoms with van der Waals surface area (Å²) in [6.07, 6.45) is 2.83. The highest BCUT2D eigenvalue weighted by Gasteiger charge is 2.29. The van der Waals surface area contributed by atoms with E-state index in [0.29, 0.717) is 42.7 Å². The number of fused-ring (bicyclic) bond motifs is 1. The van der Waals surface area contributed by atoms with Gasteiger partial charge in [-0.15, -0.1) is 11.3 Å². The number of anilines is 1. The second-order valence-corrected chi connectivity index (χ2v) is 8.48. The number of nitrogens with one attached hydrogen (secondary N) is 1. The lowest BCUT2D eigenvalue weighted by Crippen LogP contribution is -2.49. The molecule has 0 saturated carbocycles. The summed E-state index contributed by atoms with van der Waals surface area (Å²) in [7, 11) is 1.37. The molecule has 1 fully saturated rings. The van der Waals surface area contributed by atoms with Crippen LogP contribution in [0.25, 0.3) is 0 Å². The summed E-state index contributed by atoms with van der Waals surface area (Å²) in [6.45, 7) is 6.66. The van der Waals surface area contributed by atoms with Crippen molar-refractivity contribution in [3.63, 3.8) is 0 Å². The van der Waals surface area contributed by atoms with E-state index >= 15 is 0 Å². The summed E-state index contributed by atoms with van der Waals surface area (Å²) < 4.78 is 4.96. The largest absolute Gasteiger partial charge is 0.465 e. The van der Waals surface area contributed by atoms with Gasteiger partial charge in [-0.2, -0.15) is 0 Å². The van der Waals surface area contributed by atoms with Gasteiger partial charge in [0.1, 0.15) is 5.00 Å². The number of amides is 2. The Morgan fingerprint density at radius 3 is 2.56 bits per heavy atom. The molecule has 2 heterocycles. The number of ether oxygens (including phenoxy) is 1. The highest BCUT2D eigenvalue weighted by atomic mass is 32.1. The van der Waals surface area contributed by atoms with Crippen molar-refractivity contribution in [1.82, 2.24) is 9.80 Å². The fourth-order valence-corrected chi connectivity index (χ4v) is 5.16. The van der Waals surface area contributed by atoms with Crippen LogP contribution in [0.5, 0.6) is 0 Å². The Labute approximate surface area is 163 Å². The summed E-state index contributed by atoms with van der Waals surface area (Å²) in [5.41, 5.74) is 1.56. The number of nitrogens with zero attached hydrogens (tertiary/aromatic N) is 2. The molecule has 1 aliphatic carbocycles. The zero-order chi connectivity index (χ0) is 19.6. The third-order valence-corrected chi connectivity index (χ3v) is 6.51. The predicted molar refractivity (Wildman–Crippen MR) is 104 cm³/mol. The molecule has 3 rings (SSSR count). The SMILES string of the molecule is COC(=O)c1c(NC(=O)CN2CCN(C(C)=O)CC2)sc2c1CCC(C)C2. The average Bonchev–Trinajstić information content (AvgIpc) is 2.98. The van der Waals surface area contributed by atoms with Crippen LogP contribution >= 0.6 is 11.3 Å². The molecule has 7 nitrogen and oxygen atoms in total. The molecule has 0 radical (unpaired) electrons. The van der Waals surface area contributed by atoms with E-state index in [9.17, 15) is 14.4 Å². The number of rotatable bonds is 4. The van der Waals surface area contributed by atoms with Crippen LogP contribution < -0.4 is 5.32 Å². The normalized spacial score (nSPS) is 20.1. The second kappa shape index (κ2) is 8.39. The molecular weight excluding hydrogens is 366 g/mol. The van der Waals surface area contributed by atoms with E-state index in [4.69, 9.17) is 4.74 Å². The summed E-state index contributed by atoms with van der Waals surface area (Å²) in [5, 5.41) is 3.54. The molecule has 1 N–H and O–H groups in total. The van der Waals surface area contributed by atoms with E-state index in [0.717, 1.165) is 24.8 Å². The van der Waals surface area contributed by atoms with E-state index in [1.165, 1.54) is 23.3 Å². The molecule has 1 aliphatic heterocycles. The first-order valence-electron chi connectivity index (χ1n) is 9.39.